The molecule has 0 aliphatic rings. The van der Waals surface area contributed by atoms with Gasteiger partial charge in [0.25, 0.3) is 15.9 Å². The highest BCUT2D eigenvalue weighted by Crippen LogP contribution is 2.18. The van der Waals surface area contributed by atoms with Crippen LogP contribution in [-0.2, 0) is 10.0 Å². The monoisotopic (exact) mass is 383 g/mol. The van der Waals surface area contributed by atoms with E-state index in [9.17, 15) is 13.2 Å². The molecule has 0 fully saturated rings. The van der Waals surface area contributed by atoms with E-state index in [1.165, 1.54) is 18.3 Å². The van der Waals surface area contributed by atoms with Gasteiger partial charge in [0.2, 0.25) is 0 Å². The topological polar surface area (TPSA) is 101 Å². The van der Waals surface area contributed by atoms with Crippen molar-refractivity contribution in [2.75, 3.05) is 10.0 Å². The van der Waals surface area contributed by atoms with Gasteiger partial charge in [0.05, 0.1) is 17.3 Å². The largest absolute Gasteiger partial charge is 0.361 e. The number of carbonyl (C=O) groups is 1. The second-order valence-electron chi connectivity index (χ2n) is 5.69. The lowest BCUT2D eigenvalue weighted by Crippen LogP contribution is -2.13. The van der Waals surface area contributed by atoms with Crippen LogP contribution in [0, 0.1) is 6.92 Å². The molecule has 138 valence electrons. The van der Waals surface area contributed by atoms with Gasteiger partial charge in [-0.05, 0) is 36.8 Å². The van der Waals surface area contributed by atoms with Gasteiger partial charge in [-0.15, -0.1) is 0 Å². The highest BCUT2D eigenvalue weighted by molar-refractivity contribution is 7.95. The third-order valence-electron chi connectivity index (χ3n) is 3.62. The van der Waals surface area contributed by atoms with Gasteiger partial charge in [0, 0.05) is 5.69 Å². The van der Waals surface area contributed by atoms with Crippen LogP contribution >= 0.6 is 0 Å². The maximum Gasteiger partial charge on any atom is 0.260 e. The van der Waals surface area contributed by atoms with Crippen molar-refractivity contribution in [1.29, 1.82) is 0 Å². The number of hydrogen-bond donors (Lipinski definition) is 2. The number of nitrogens with zero attached hydrogens (tertiary/aromatic N) is 1. The molecule has 2 N–H and O–H groups in total. The molecular weight excluding hydrogens is 366 g/mol. The summed E-state index contributed by atoms with van der Waals surface area (Å²) >= 11 is 0. The fourth-order valence-corrected chi connectivity index (χ4v) is 3.17. The van der Waals surface area contributed by atoms with Gasteiger partial charge in [-0.25, -0.2) is 8.42 Å². The Labute approximate surface area is 156 Å². The first-order chi connectivity index (χ1) is 12.9. The van der Waals surface area contributed by atoms with E-state index in [2.05, 4.69) is 15.2 Å². The van der Waals surface area contributed by atoms with Crippen LogP contribution in [0.1, 0.15) is 21.7 Å². The fourth-order valence-electron chi connectivity index (χ4n) is 2.31. The summed E-state index contributed by atoms with van der Waals surface area (Å²) in [5.41, 5.74) is 1.85. The van der Waals surface area contributed by atoms with Crippen molar-refractivity contribution in [3.63, 3.8) is 0 Å². The van der Waals surface area contributed by atoms with Crippen LogP contribution in [0.2, 0.25) is 0 Å². The minimum Gasteiger partial charge on any atom is -0.361 e. The summed E-state index contributed by atoms with van der Waals surface area (Å²) in [6.45, 7) is 1.63. The third kappa shape index (κ3) is 5.05. The summed E-state index contributed by atoms with van der Waals surface area (Å²) < 4.78 is 31.8. The minimum atomic E-state index is -3.70. The first-order valence-electron chi connectivity index (χ1n) is 8.01. The zero-order chi connectivity index (χ0) is 19.3. The number of amides is 1. The summed E-state index contributed by atoms with van der Waals surface area (Å²) in [6.07, 6.45) is 2.83. The lowest BCUT2D eigenvalue weighted by molar-refractivity contribution is 0.102. The van der Waals surface area contributed by atoms with Gasteiger partial charge in [0.15, 0.2) is 0 Å². The Morgan fingerprint density at radius 3 is 2.52 bits per heavy atom. The Morgan fingerprint density at radius 2 is 1.81 bits per heavy atom. The number of benzene rings is 2. The number of aryl methyl sites for hydroxylation is 1. The predicted molar refractivity (Wildman–Crippen MR) is 104 cm³/mol. The molecule has 3 aromatic rings. The highest BCUT2D eigenvalue weighted by atomic mass is 32.2. The summed E-state index contributed by atoms with van der Waals surface area (Å²) in [6, 6.07) is 15.5. The molecule has 3 rings (SSSR count). The Hall–Kier alpha value is -3.39. The first kappa shape index (κ1) is 18.4. The van der Waals surface area contributed by atoms with E-state index in [0.29, 0.717) is 22.7 Å². The zero-order valence-corrected chi connectivity index (χ0v) is 15.2. The van der Waals surface area contributed by atoms with E-state index in [-0.39, 0.29) is 0 Å². The molecule has 0 radical (unpaired) electrons. The van der Waals surface area contributed by atoms with Gasteiger partial charge in [-0.2, -0.15) is 0 Å². The van der Waals surface area contributed by atoms with E-state index in [0.717, 1.165) is 11.0 Å². The molecule has 1 amide bonds. The Bertz CT molecular complexity index is 1070. The van der Waals surface area contributed by atoms with E-state index in [1.54, 1.807) is 37.3 Å². The zero-order valence-electron chi connectivity index (χ0n) is 14.4. The Morgan fingerprint density at radius 1 is 1.07 bits per heavy atom. The van der Waals surface area contributed by atoms with Crippen molar-refractivity contribution < 1.29 is 17.7 Å². The lowest BCUT2D eigenvalue weighted by atomic mass is 10.2. The van der Waals surface area contributed by atoms with E-state index >= 15 is 0 Å². The molecule has 0 bridgehead atoms. The maximum atomic E-state index is 12.2. The van der Waals surface area contributed by atoms with Crippen LogP contribution < -0.4 is 10.0 Å². The lowest BCUT2D eigenvalue weighted by Gasteiger charge is -2.08. The first-order valence-corrected chi connectivity index (χ1v) is 9.56. The second kappa shape index (κ2) is 7.88. The number of aromatic nitrogens is 1. The molecule has 7 nitrogen and oxygen atoms in total. The smallest absolute Gasteiger partial charge is 0.260 e. The molecule has 0 saturated carbocycles. The Balaban J connectivity index is 1.71. The van der Waals surface area contributed by atoms with Crippen LogP contribution in [0.5, 0.6) is 0 Å². The molecule has 27 heavy (non-hydrogen) atoms. The van der Waals surface area contributed by atoms with E-state index in [4.69, 9.17) is 4.52 Å². The average molecular weight is 383 g/mol. The quantitative estimate of drug-likeness (QED) is 0.677. The van der Waals surface area contributed by atoms with Gasteiger partial charge < -0.3 is 9.84 Å². The van der Waals surface area contributed by atoms with Crippen molar-refractivity contribution >= 4 is 33.4 Å². The molecule has 0 spiro atoms. The molecule has 0 saturated heterocycles. The van der Waals surface area contributed by atoms with Crippen molar-refractivity contribution in [2.24, 2.45) is 0 Å². The number of anilines is 2. The summed E-state index contributed by atoms with van der Waals surface area (Å²) in [7, 11) is -3.70. The number of nitrogens with one attached hydrogen (secondary N) is 2. The van der Waals surface area contributed by atoms with Gasteiger partial charge in [0.1, 0.15) is 11.3 Å². The third-order valence-corrected chi connectivity index (χ3v) is 4.63. The molecule has 2 aromatic carbocycles. The van der Waals surface area contributed by atoms with Gasteiger partial charge in [-0.1, -0.05) is 41.6 Å². The van der Waals surface area contributed by atoms with Gasteiger partial charge in [-0.3, -0.25) is 9.52 Å². The summed E-state index contributed by atoms with van der Waals surface area (Å²) in [5, 5.41) is 7.33. The highest BCUT2D eigenvalue weighted by Gasteiger charge is 2.13. The number of sulfonamides is 1. The van der Waals surface area contributed by atoms with Crippen LogP contribution in [0.15, 0.2) is 70.7 Å². The van der Waals surface area contributed by atoms with E-state index < -0.39 is 15.9 Å². The van der Waals surface area contributed by atoms with Gasteiger partial charge >= 0.3 is 0 Å². The van der Waals surface area contributed by atoms with Crippen LogP contribution in [0.3, 0.4) is 0 Å². The summed E-state index contributed by atoms with van der Waals surface area (Å²) in [4.78, 5) is 12.2. The SMILES string of the molecule is Cc1oncc1C(=O)Nc1cccc(NS(=O)(=O)/C=C/c2ccccc2)c1. The number of hydrogen-bond acceptors (Lipinski definition) is 5. The predicted octanol–water partition coefficient (Wildman–Crippen LogP) is 3.65. The minimum absolute atomic E-state index is 0.312. The maximum absolute atomic E-state index is 12.2. The molecule has 1 heterocycles. The Kier molecular flexibility index (Phi) is 5.37. The average Bonchev–Trinajstić information content (AvgIpc) is 3.07. The second-order valence-corrected chi connectivity index (χ2v) is 7.26. The van der Waals surface area contributed by atoms with Crippen molar-refractivity contribution in [3.8, 4) is 0 Å². The molecule has 0 unspecified atom stereocenters. The number of rotatable bonds is 6. The standard InChI is InChI=1S/C19H17N3O4S/c1-14-18(13-20-26-14)19(23)21-16-8-5-9-17(12-16)22-27(24,25)11-10-15-6-3-2-4-7-15/h2-13,22H,1H3,(H,21,23)/b11-10+. The van der Waals surface area contributed by atoms with E-state index in [1.807, 2.05) is 18.2 Å². The molecule has 0 aliphatic heterocycles. The molecule has 8 heteroatoms. The molecule has 1 aromatic heterocycles. The van der Waals surface area contributed by atoms with Crippen molar-refractivity contribution in [2.45, 2.75) is 6.92 Å². The van der Waals surface area contributed by atoms with Crippen LogP contribution in [0.25, 0.3) is 6.08 Å². The van der Waals surface area contributed by atoms with Crippen molar-refractivity contribution in [3.05, 3.63) is 83.1 Å². The molecular formula is C19H17N3O4S. The molecule has 0 atom stereocenters. The number of carbonyl (C=O) groups excluding carboxylic acids is 1. The van der Waals surface area contributed by atoms with Crippen LogP contribution in [0.4, 0.5) is 11.4 Å². The fraction of sp³-hybridized carbons (Fsp3) is 0.0526. The summed E-state index contributed by atoms with van der Waals surface area (Å²) in [5.74, 6) is 0.00753. The van der Waals surface area contributed by atoms with Crippen LogP contribution in [-0.4, -0.2) is 19.5 Å². The normalized spacial score (nSPS) is 11.4. The van der Waals surface area contributed by atoms with Crippen molar-refractivity contribution in [1.82, 2.24) is 5.16 Å². The molecule has 0 aliphatic carbocycles.